The van der Waals surface area contributed by atoms with E-state index < -0.39 is 12.1 Å². The number of hydrogen-bond donors (Lipinski definition) is 2. The van der Waals surface area contributed by atoms with E-state index in [0.29, 0.717) is 23.5 Å². The Morgan fingerprint density at radius 1 is 1.24 bits per heavy atom. The van der Waals surface area contributed by atoms with Crippen LogP contribution in [0.3, 0.4) is 0 Å². The Hall–Kier alpha value is -3.82. The highest BCUT2D eigenvalue weighted by Gasteiger charge is 2.35. The van der Waals surface area contributed by atoms with Gasteiger partial charge in [0.1, 0.15) is 24.2 Å². The second-order valence-corrected chi connectivity index (χ2v) is 7.53. The summed E-state index contributed by atoms with van der Waals surface area (Å²) in [5.41, 5.74) is 2.19. The van der Waals surface area contributed by atoms with Crippen molar-refractivity contribution in [2.45, 2.75) is 18.7 Å². The summed E-state index contributed by atoms with van der Waals surface area (Å²) in [4.78, 5) is 34.4. The summed E-state index contributed by atoms with van der Waals surface area (Å²) >= 11 is 0. The Labute approximate surface area is 191 Å². The lowest BCUT2D eigenvalue weighted by Gasteiger charge is -2.38. The zero-order valence-corrected chi connectivity index (χ0v) is 18.0. The number of amides is 2. The van der Waals surface area contributed by atoms with Crippen LogP contribution >= 0.6 is 0 Å². The van der Waals surface area contributed by atoms with E-state index in [1.54, 1.807) is 36.3 Å². The Kier molecular flexibility index (Phi) is 6.92. The van der Waals surface area contributed by atoms with Crippen LogP contribution in [0.25, 0.3) is 0 Å². The van der Waals surface area contributed by atoms with Gasteiger partial charge in [-0.05, 0) is 23.8 Å². The predicted molar refractivity (Wildman–Crippen MR) is 120 cm³/mol. The molecule has 3 aromatic rings. The fourth-order valence-electron chi connectivity index (χ4n) is 3.71. The van der Waals surface area contributed by atoms with Crippen molar-refractivity contribution in [3.05, 3.63) is 83.9 Å². The van der Waals surface area contributed by atoms with Crippen molar-refractivity contribution in [1.82, 2.24) is 14.9 Å². The van der Waals surface area contributed by atoms with Crippen LogP contribution in [-0.4, -0.2) is 58.2 Å². The van der Waals surface area contributed by atoms with Crippen LogP contribution in [0.4, 0.5) is 5.69 Å². The second-order valence-electron chi connectivity index (χ2n) is 7.53. The maximum Gasteiger partial charge on any atom is 0.275 e. The standard InChI is InChI=1S/C24H24N4O5/c1-32-21-5-3-2-4-17(21)13-28-20(14-33-15-22(28)29)23(30)16-6-8-18(9-7-16)27-24(31)19-12-25-10-11-26-19/h2-12,20,23,30H,13-15H2,1H3,(H,27,31)/t20-,23-/m1/s1. The van der Waals surface area contributed by atoms with Crippen LogP contribution in [-0.2, 0) is 16.1 Å². The van der Waals surface area contributed by atoms with E-state index in [0.717, 1.165) is 5.56 Å². The van der Waals surface area contributed by atoms with E-state index >= 15 is 0 Å². The van der Waals surface area contributed by atoms with Gasteiger partial charge in [-0.2, -0.15) is 0 Å². The topological polar surface area (TPSA) is 114 Å². The Bertz CT molecular complexity index is 1110. The highest BCUT2D eigenvalue weighted by atomic mass is 16.5. The summed E-state index contributed by atoms with van der Waals surface area (Å²) in [5.74, 6) is 0.0861. The zero-order valence-electron chi connectivity index (χ0n) is 18.0. The number of para-hydroxylation sites is 1. The van der Waals surface area contributed by atoms with Crippen molar-refractivity contribution in [3.8, 4) is 5.75 Å². The van der Waals surface area contributed by atoms with E-state index in [-0.39, 0.29) is 30.7 Å². The molecule has 0 saturated carbocycles. The average Bonchev–Trinajstić information content (AvgIpc) is 2.86. The predicted octanol–water partition coefficient (Wildman–Crippen LogP) is 2.20. The SMILES string of the molecule is COc1ccccc1CN1C(=O)COC[C@@H]1[C@H](O)c1ccc(NC(=O)c2cnccn2)cc1. The number of hydrogen-bond acceptors (Lipinski definition) is 7. The molecule has 2 aromatic carbocycles. The lowest BCUT2D eigenvalue weighted by Crippen LogP contribution is -2.51. The number of aliphatic hydroxyl groups excluding tert-OH is 1. The van der Waals surface area contributed by atoms with Gasteiger partial charge in [0.15, 0.2) is 0 Å². The number of aromatic nitrogens is 2. The molecule has 0 bridgehead atoms. The minimum absolute atomic E-state index is 0.0360. The number of benzene rings is 2. The molecule has 9 heteroatoms. The van der Waals surface area contributed by atoms with Gasteiger partial charge in [-0.15, -0.1) is 0 Å². The van der Waals surface area contributed by atoms with Crippen molar-refractivity contribution in [2.24, 2.45) is 0 Å². The van der Waals surface area contributed by atoms with Gasteiger partial charge in [0.25, 0.3) is 5.91 Å². The first kappa shape index (κ1) is 22.4. The summed E-state index contributed by atoms with van der Waals surface area (Å²) in [6.07, 6.45) is 3.33. The normalized spacial score (nSPS) is 16.8. The molecule has 0 aliphatic carbocycles. The molecular formula is C24H24N4O5. The molecule has 1 aromatic heterocycles. The largest absolute Gasteiger partial charge is 0.496 e. The molecule has 1 fully saturated rings. The summed E-state index contributed by atoms with van der Waals surface area (Å²) < 4.78 is 10.8. The van der Waals surface area contributed by atoms with Crippen LogP contribution in [0.5, 0.6) is 5.75 Å². The van der Waals surface area contributed by atoms with Gasteiger partial charge in [0.2, 0.25) is 5.91 Å². The molecule has 2 heterocycles. The molecule has 2 amide bonds. The van der Waals surface area contributed by atoms with E-state index in [1.165, 1.54) is 18.6 Å². The molecule has 2 atom stereocenters. The molecule has 0 unspecified atom stereocenters. The van der Waals surface area contributed by atoms with Crippen molar-refractivity contribution in [3.63, 3.8) is 0 Å². The molecule has 1 saturated heterocycles. The zero-order chi connectivity index (χ0) is 23.2. The molecule has 2 N–H and O–H groups in total. The first-order chi connectivity index (χ1) is 16.1. The van der Waals surface area contributed by atoms with E-state index in [9.17, 15) is 14.7 Å². The van der Waals surface area contributed by atoms with Crippen LogP contribution in [0, 0.1) is 0 Å². The lowest BCUT2D eigenvalue weighted by atomic mass is 9.99. The molecule has 1 aliphatic rings. The van der Waals surface area contributed by atoms with Gasteiger partial charge in [0.05, 0.1) is 26.0 Å². The van der Waals surface area contributed by atoms with E-state index in [2.05, 4.69) is 15.3 Å². The third-order valence-corrected chi connectivity index (χ3v) is 5.44. The monoisotopic (exact) mass is 448 g/mol. The van der Waals surface area contributed by atoms with E-state index in [1.807, 2.05) is 24.3 Å². The van der Waals surface area contributed by atoms with Gasteiger partial charge < -0.3 is 24.8 Å². The van der Waals surface area contributed by atoms with Crippen LogP contribution in [0.1, 0.15) is 27.7 Å². The van der Waals surface area contributed by atoms with Gasteiger partial charge in [-0.1, -0.05) is 30.3 Å². The highest BCUT2D eigenvalue weighted by Crippen LogP contribution is 2.28. The Morgan fingerprint density at radius 3 is 2.76 bits per heavy atom. The van der Waals surface area contributed by atoms with Crippen molar-refractivity contribution in [1.29, 1.82) is 0 Å². The first-order valence-corrected chi connectivity index (χ1v) is 10.4. The second kappa shape index (κ2) is 10.2. The third kappa shape index (κ3) is 5.16. The lowest BCUT2D eigenvalue weighted by molar-refractivity contribution is -0.155. The fraction of sp³-hybridized carbons (Fsp3) is 0.250. The van der Waals surface area contributed by atoms with E-state index in [4.69, 9.17) is 9.47 Å². The molecule has 0 spiro atoms. The maximum absolute atomic E-state index is 12.6. The summed E-state index contributed by atoms with van der Waals surface area (Å²) in [7, 11) is 1.58. The van der Waals surface area contributed by atoms with Gasteiger partial charge in [-0.3, -0.25) is 14.6 Å². The molecule has 4 rings (SSSR count). The summed E-state index contributed by atoms with van der Waals surface area (Å²) in [6, 6.07) is 13.7. The number of nitrogens with one attached hydrogen (secondary N) is 1. The number of carbonyl (C=O) groups is 2. The average molecular weight is 448 g/mol. The number of nitrogens with zero attached hydrogens (tertiary/aromatic N) is 3. The Balaban J connectivity index is 1.48. The molecule has 0 radical (unpaired) electrons. The summed E-state index contributed by atoms with van der Waals surface area (Å²) in [5, 5.41) is 13.8. The van der Waals surface area contributed by atoms with Crippen LogP contribution < -0.4 is 10.1 Å². The minimum Gasteiger partial charge on any atom is -0.496 e. The summed E-state index contributed by atoms with van der Waals surface area (Å²) in [6.45, 7) is 0.457. The number of morpholine rings is 1. The number of aliphatic hydroxyl groups is 1. The molecular weight excluding hydrogens is 424 g/mol. The molecule has 1 aliphatic heterocycles. The fourth-order valence-corrected chi connectivity index (χ4v) is 3.71. The van der Waals surface area contributed by atoms with Crippen molar-refractivity contribution >= 4 is 17.5 Å². The number of methoxy groups -OCH3 is 1. The first-order valence-electron chi connectivity index (χ1n) is 10.4. The number of rotatable bonds is 7. The third-order valence-electron chi connectivity index (χ3n) is 5.44. The van der Waals surface area contributed by atoms with Gasteiger partial charge >= 0.3 is 0 Å². The van der Waals surface area contributed by atoms with Crippen LogP contribution in [0.15, 0.2) is 67.1 Å². The van der Waals surface area contributed by atoms with Crippen molar-refractivity contribution in [2.75, 3.05) is 25.6 Å². The number of carbonyl (C=O) groups excluding carboxylic acids is 2. The smallest absolute Gasteiger partial charge is 0.275 e. The minimum atomic E-state index is -0.978. The van der Waals surface area contributed by atoms with Gasteiger partial charge in [-0.25, -0.2) is 4.98 Å². The Morgan fingerprint density at radius 2 is 2.03 bits per heavy atom. The molecule has 170 valence electrons. The van der Waals surface area contributed by atoms with Gasteiger partial charge in [0, 0.05) is 30.2 Å². The number of anilines is 1. The highest BCUT2D eigenvalue weighted by molar-refractivity contribution is 6.02. The maximum atomic E-state index is 12.6. The number of ether oxygens (including phenoxy) is 2. The quantitative estimate of drug-likeness (QED) is 0.570. The van der Waals surface area contributed by atoms with Crippen LogP contribution in [0.2, 0.25) is 0 Å². The van der Waals surface area contributed by atoms with Crippen molar-refractivity contribution < 1.29 is 24.2 Å². The molecule has 9 nitrogen and oxygen atoms in total. The molecule has 33 heavy (non-hydrogen) atoms.